The van der Waals surface area contributed by atoms with Gasteiger partial charge in [-0.15, -0.1) is 0 Å². The van der Waals surface area contributed by atoms with Crippen molar-refractivity contribution in [3.63, 3.8) is 0 Å². The molecule has 5 nitrogen and oxygen atoms in total. The van der Waals surface area contributed by atoms with Crippen LogP contribution >= 0.6 is 0 Å². The van der Waals surface area contributed by atoms with E-state index in [4.69, 9.17) is 10.3 Å². The average Bonchev–Trinajstić information content (AvgIpc) is 2.77. The van der Waals surface area contributed by atoms with Gasteiger partial charge in [0, 0.05) is 13.1 Å². The van der Waals surface area contributed by atoms with Crippen molar-refractivity contribution in [1.29, 1.82) is 0 Å². The van der Waals surface area contributed by atoms with E-state index in [0.717, 1.165) is 13.1 Å². The van der Waals surface area contributed by atoms with Gasteiger partial charge in [-0.05, 0) is 29.8 Å². The highest BCUT2D eigenvalue weighted by Crippen LogP contribution is 2.30. The van der Waals surface area contributed by atoms with E-state index in [0.29, 0.717) is 11.8 Å². The molecule has 0 saturated carbocycles. The fourth-order valence-corrected chi connectivity index (χ4v) is 1.95. The van der Waals surface area contributed by atoms with E-state index in [9.17, 15) is 0 Å². The number of aromatic nitrogens is 2. The van der Waals surface area contributed by atoms with E-state index < -0.39 is 0 Å². The molecule has 2 N–H and O–H groups in total. The largest absolute Gasteiger partial charge is 0.338 e. The number of hydrogen-bond acceptors (Lipinski definition) is 5. The van der Waals surface area contributed by atoms with Gasteiger partial charge in [0.1, 0.15) is 0 Å². The van der Waals surface area contributed by atoms with Crippen molar-refractivity contribution in [2.24, 2.45) is 11.1 Å². The summed E-state index contributed by atoms with van der Waals surface area (Å²) >= 11 is 0. The Hall–Kier alpha value is -1.10. The standard InChI is InChI=1S/C12H22N4O/c1-12(2,3)9(13)10-14-11(15-17-10)16-7-5-4-6-8-16/h9H,4-8,13H2,1-3H3/t9-/m0/s1. The number of hydrogen-bond donors (Lipinski definition) is 1. The van der Waals surface area contributed by atoms with Gasteiger partial charge in [0.05, 0.1) is 6.04 Å². The molecule has 0 radical (unpaired) electrons. The molecular weight excluding hydrogens is 216 g/mol. The fraction of sp³-hybridized carbons (Fsp3) is 0.833. The van der Waals surface area contributed by atoms with Gasteiger partial charge in [0.25, 0.3) is 5.95 Å². The maximum atomic E-state index is 6.10. The van der Waals surface area contributed by atoms with E-state index in [1.54, 1.807) is 0 Å². The summed E-state index contributed by atoms with van der Waals surface area (Å²) < 4.78 is 5.28. The number of anilines is 1. The minimum absolute atomic E-state index is 0.0638. The molecule has 0 spiro atoms. The molecule has 0 unspecified atom stereocenters. The van der Waals surface area contributed by atoms with Crippen LogP contribution in [0.25, 0.3) is 0 Å². The minimum atomic E-state index is -0.214. The Kier molecular flexibility index (Phi) is 3.38. The van der Waals surface area contributed by atoms with Crippen LogP contribution < -0.4 is 10.6 Å². The number of rotatable bonds is 2. The lowest BCUT2D eigenvalue weighted by atomic mass is 9.87. The summed E-state index contributed by atoms with van der Waals surface area (Å²) in [7, 11) is 0. The average molecular weight is 238 g/mol. The van der Waals surface area contributed by atoms with Crippen molar-refractivity contribution in [1.82, 2.24) is 10.1 Å². The summed E-state index contributed by atoms with van der Waals surface area (Å²) in [6.07, 6.45) is 3.70. The van der Waals surface area contributed by atoms with Crippen molar-refractivity contribution in [2.45, 2.75) is 46.1 Å². The molecule has 1 aromatic heterocycles. The quantitative estimate of drug-likeness (QED) is 0.854. The van der Waals surface area contributed by atoms with Crippen molar-refractivity contribution in [3.8, 4) is 0 Å². The summed E-state index contributed by atoms with van der Waals surface area (Å²) in [5.41, 5.74) is 6.04. The third-order valence-electron chi connectivity index (χ3n) is 3.27. The topological polar surface area (TPSA) is 68.2 Å². The lowest BCUT2D eigenvalue weighted by molar-refractivity contribution is 0.252. The second kappa shape index (κ2) is 4.64. The van der Waals surface area contributed by atoms with Crippen LogP contribution in [0.3, 0.4) is 0 Å². The second-order valence-electron chi connectivity index (χ2n) is 5.82. The highest BCUT2D eigenvalue weighted by Gasteiger charge is 2.28. The molecular formula is C12H22N4O. The van der Waals surface area contributed by atoms with Gasteiger partial charge in [-0.1, -0.05) is 20.8 Å². The molecule has 1 aliphatic heterocycles. The molecule has 2 rings (SSSR count). The van der Waals surface area contributed by atoms with Gasteiger partial charge in [-0.3, -0.25) is 0 Å². The molecule has 0 bridgehead atoms. The fourth-order valence-electron chi connectivity index (χ4n) is 1.95. The van der Waals surface area contributed by atoms with Gasteiger partial charge in [-0.2, -0.15) is 4.98 Å². The third kappa shape index (κ3) is 2.77. The first-order valence-electron chi connectivity index (χ1n) is 6.32. The first-order valence-corrected chi connectivity index (χ1v) is 6.32. The van der Waals surface area contributed by atoms with Crippen molar-refractivity contribution >= 4 is 5.95 Å². The van der Waals surface area contributed by atoms with E-state index >= 15 is 0 Å². The highest BCUT2D eigenvalue weighted by molar-refractivity contribution is 5.28. The smallest absolute Gasteiger partial charge is 0.266 e. The van der Waals surface area contributed by atoms with Crippen molar-refractivity contribution < 1.29 is 4.52 Å². The SMILES string of the molecule is CC(C)(C)[C@@H](N)c1nc(N2CCCCC2)no1. The van der Waals surface area contributed by atoms with Crippen LogP contribution in [-0.2, 0) is 0 Å². The molecule has 0 aromatic carbocycles. The molecule has 1 aromatic rings. The molecule has 5 heteroatoms. The number of nitrogens with two attached hydrogens (primary N) is 1. The zero-order valence-corrected chi connectivity index (χ0v) is 10.9. The lowest BCUT2D eigenvalue weighted by Gasteiger charge is -2.25. The molecule has 0 aliphatic carbocycles. The van der Waals surface area contributed by atoms with Gasteiger partial charge >= 0.3 is 0 Å². The van der Waals surface area contributed by atoms with Crippen LogP contribution in [0.2, 0.25) is 0 Å². The molecule has 96 valence electrons. The Bertz CT molecular complexity index is 363. The first kappa shape index (κ1) is 12.4. The minimum Gasteiger partial charge on any atom is -0.338 e. The highest BCUT2D eigenvalue weighted by atomic mass is 16.5. The Labute approximate surface area is 102 Å². The Morgan fingerprint density at radius 2 is 1.88 bits per heavy atom. The van der Waals surface area contributed by atoms with Gasteiger partial charge in [0.2, 0.25) is 5.89 Å². The van der Waals surface area contributed by atoms with Crippen molar-refractivity contribution in [3.05, 3.63) is 5.89 Å². The van der Waals surface area contributed by atoms with E-state index in [1.807, 2.05) is 0 Å². The first-order chi connectivity index (χ1) is 7.98. The normalized spacial score (nSPS) is 19.4. The zero-order chi connectivity index (χ0) is 12.5. The van der Waals surface area contributed by atoms with Crippen LogP contribution in [0.4, 0.5) is 5.95 Å². The van der Waals surface area contributed by atoms with Crippen LogP contribution in [0.15, 0.2) is 4.52 Å². The Balaban J connectivity index is 2.10. The summed E-state index contributed by atoms with van der Waals surface area (Å²) in [5.74, 6) is 1.23. The van der Waals surface area contributed by atoms with E-state index in [2.05, 4.69) is 35.8 Å². The van der Waals surface area contributed by atoms with Crippen LogP contribution in [0, 0.1) is 5.41 Å². The predicted molar refractivity (Wildman–Crippen MR) is 66.7 cm³/mol. The van der Waals surface area contributed by atoms with Crippen molar-refractivity contribution in [2.75, 3.05) is 18.0 Å². The maximum Gasteiger partial charge on any atom is 0.266 e. The van der Waals surface area contributed by atoms with Gasteiger partial charge in [-0.25, -0.2) is 0 Å². The van der Waals surface area contributed by atoms with Crippen LogP contribution in [0.5, 0.6) is 0 Å². The molecule has 1 atom stereocenters. The molecule has 2 heterocycles. The molecule has 17 heavy (non-hydrogen) atoms. The second-order valence-corrected chi connectivity index (χ2v) is 5.82. The molecule has 1 saturated heterocycles. The lowest BCUT2D eigenvalue weighted by Crippen LogP contribution is -2.30. The maximum absolute atomic E-state index is 6.10. The third-order valence-corrected chi connectivity index (χ3v) is 3.27. The summed E-state index contributed by atoms with van der Waals surface area (Å²) in [6, 6.07) is -0.214. The summed E-state index contributed by atoms with van der Waals surface area (Å²) in [6.45, 7) is 8.25. The zero-order valence-electron chi connectivity index (χ0n) is 10.9. The predicted octanol–water partition coefficient (Wildman–Crippen LogP) is 2.11. The Morgan fingerprint density at radius 1 is 1.24 bits per heavy atom. The van der Waals surface area contributed by atoms with Crippen LogP contribution in [-0.4, -0.2) is 23.2 Å². The summed E-state index contributed by atoms with van der Waals surface area (Å²) in [4.78, 5) is 6.60. The van der Waals surface area contributed by atoms with Gasteiger partial charge < -0.3 is 15.2 Å². The molecule has 0 amide bonds. The van der Waals surface area contributed by atoms with E-state index in [1.165, 1.54) is 19.3 Å². The Morgan fingerprint density at radius 3 is 2.47 bits per heavy atom. The molecule has 1 aliphatic rings. The summed E-state index contributed by atoms with van der Waals surface area (Å²) in [5, 5.41) is 4.03. The number of nitrogens with zero attached hydrogens (tertiary/aromatic N) is 3. The van der Waals surface area contributed by atoms with E-state index in [-0.39, 0.29) is 11.5 Å². The molecule has 1 fully saturated rings. The number of piperidine rings is 1. The van der Waals surface area contributed by atoms with Gasteiger partial charge in [0.15, 0.2) is 0 Å². The monoisotopic (exact) mass is 238 g/mol. The van der Waals surface area contributed by atoms with Crippen LogP contribution in [0.1, 0.15) is 52.0 Å².